The van der Waals surface area contributed by atoms with Crippen LogP contribution in [0.3, 0.4) is 0 Å². The third-order valence-electron chi connectivity index (χ3n) is 3.18. The molecule has 1 unspecified atom stereocenters. The van der Waals surface area contributed by atoms with Gasteiger partial charge in [0.25, 0.3) is 0 Å². The molecule has 3 N–H and O–H groups in total. The van der Waals surface area contributed by atoms with E-state index in [4.69, 9.17) is 0 Å². The summed E-state index contributed by atoms with van der Waals surface area (Å²) in [5.74, 6) is -3.90. The second-order valence-electron chi connectivity index (χ2n) is 5.19. The SMILES string of the molecule is CCOC(=O)C(=O)NCC(Cc1ccc(O)cc1)NC(=O)C(=O)OCC. The predicted molar refractivity (Wildman–Crippen MR) is 90.0 cm³/mol. The van der Waals surface area contributed by atoms with E-state index in [-0.39, 0.29) is 31.9 Å². The first kappa shape index (κ1) is 20.9. The Hall–Kier alpha value is -3.10. The van der Waals surface area contributed by atoms with Gasteiger partial charge in [0.15, 0.2) is 0 Å². The van der Waals surface area contributed by atoms with Gasteiger partial charge >= 0.3 is 23.8 Å². The topological polar surface area (TPSA) is 131 Å². The van der Waals surface area contributed by atoms with Crippen molar-refractivity contribution in [1.82, 2.24) is 10.6 Å². The Morgan fingerprint density at radius 2 is 1.50 bits per heavy atom. The molecule has 9 heteroatoms. The van der Waals surface area contributed by atoms with Crippen molar-refractivity contribution < 1.29 is 33.8 Å². The smallest absolute Gasteiger partial charge is 0.396 e. The lowest BCUT2D eigenvalue weighted by Crippen LogP contribution is -2.48. The summed E-state index contributed by atoms with van der Waals surface area (Å²) in [5.41, 5.74) is 0.738. The molecule has 9 nitrogen and oxygen atoms in total. The Balaban J connectivity index is 2.75. The van der Waals surface area contributed by atoms with Gasteiger partial charge in [0.1, 0.15) is 5.75 Å². The fourth-order valence-electron chi connectivity index (χ4n) is 2.02. The van der Waals surface area contributed by atoms with E-state index >= 15 is 0 Å². The molecule has 0 aromatic heterocycles. The van der Waals surface area contributed by atoms with E-state index in [0.717, 1.165) is 5.56 Å². The molecule has 0 aliphatic carbocycles. The van der Waals surface area contributed by atoms with Gasteiger partial charge < -0.3 is 25.2 Å². The van der Waals surface area contributed by atoms with Crippen molar-refractivity contribution in [3.8, 4) is 5.75 Å². The van der Waals surface area contributed by atoms with E-state index in [2.05, 4.69) is 20.1 Å². The molecule has 2 amide bonds. The molecule has 0 saturated carbocycles. The number of carbonyl (C=O) groups excluding carboxylic acids is 4. The number of phenolic OH excluding ortho intramolecular Hbond substituents is 1. The summed E-state index contributed by atoms with van der Waals surface area (Å²) in [6, 6.07) is 5.51. The van der Waals surface area contributed by atoms with Gasteiger partial charge in [-0.15, -0.1) is 0 Å². The van der Waals surface area contributed by atoms with Crippen molar-refractivity contribution in [2.45, 2.75) is 26.3 Å². The number of hydrogen-bond acceptors (Lipinski definition) is 7. The zero-order valence-corrected chi connectivity index (χ0v) is 14.6. The van der Waals surface area contributed by atoms with Gasteiger partial charge in [-0.05, 0) is 38.0 Å². The highest BCUT2D eigenvalue weighted by Gasteiger charge is 2.22. The number of esters is 2. The van der Waals surface area contributed by atoms with Crippen molar-refractivity contribution >= 4 is 23.8 Å². The number of nitrogens with one attached hydrogen (secondary N) is 2. The molecule has 0 aliphatic rings. The van der Waals surface area contributed by atoms with E-state index < -0.39 is 29.8 Å². The lowest BCUT2D eigenvalue weighted by atomic mass is 10.1. The summed E-state index contributed by atoms with van der Waals surface area (Å²) in [5, 5.41) is 14.1. The van der Waals surface area contributed by atoms with Gasteiger partial charge in [-0.1, -0.05) is 12.1 Å². The van der Waals surface area contributed by atoms with Crippen LogP contribution >= 0.6 is 0 Å². The normalized spacial score (nSPS) is 11.2. The van der Waals surface area contributed by atoms with Crippen LogP contribution in [0.5, 0.6) is 5.75 Å². The zero-order chi connectivity index (χ0) is 19.5. The third kappa shape index (κ3) is 7.20. The Morgan fingerprint density at radius 3 is 2.04 bits per heavy atom. The van der Waals surface area contributed by atoms with Crippen molar-refractivity contribution in [2.75, 3.05) is 19.8 Å². The molecule has 0 fully saturated rings. The molecule has 1 aromatic rings. The van der Waals surface area contributed by atoms with Crippen LogP contribution in [0.15, 0.2) is 24.3 Å². The number of aromatic hydroxyl groups is 1. The number of phenols is 1. The molecule has 1 aromatic carbocycles. The quantitative estimate of drug-likeness (QED) is 0.444. The Labute approximate surface area is 150 Å². The molecule has 0 saturated heterocycles. The molecule has 0 aliphatic heterocycles. The van der Waals surface area contributed by atoms with Crippen molar-refractivity contribution in [2.24, 2.45) is 0 Å². The maximum absolute atomic E-state index is 11.8. The highest BCUT2D eigenvalue weighted by molar-refractivity contribution is 6.33. The number of amides is 2. The van der Waals surface area contributed by atoms with E-state index in [1.165, 1.54) is 12.1 Å². The summed E-state index contributed by atoms with van der Waals surface area (Å²) in [4.78, 5) is 46.3. The summed E-state index contributed by atoms with van der Waals surface area (Å²) >= 11 is 0. The third-order valence-corrected chi connectivity index (χ3v) is 3.18. The maximum Gasteiger partial charge on any atom is 0.396 e. The molecule has 0 spiro atoms. The van der Waals surface area contributed by atoms with Gasteiger partial charge in [-0.25, -0.2) is 9.59 Å². The first-order valence-corrected chi connectivity index (χ1v) is 8.07. The second kappa shape index (κ2) is 10.7. The Bertz CT molecular complexity index is 643. The number of ether oxygens (including phenoxy) is 2. The minimum absolute atomic E-state index is 0.0501. The minimum Gasteiger partial charge on any atom is -0.508 e. The average molecular weight is 366 g/mol. The fourth-order valence-corrected chi connectivity index (χ4v) is 2.02. The summed E-state index contributed by atoms with van der Waals surface area (Å²) in [6.45, 7) is 3.14. The lowest BCUT2D eigenvalue weighted by molar-refractivity contribution is -0.155. The van der Waals surface area contributed by atoms with E-state index in [9.17, 15) is 24.3 Å². The van der Waals surface area contributed by atoms with E-state index in [1.807, 2.05) is 0 Å². The van der Waals surface area contributed by atoms with Gasteiger partial charge in [0, 0.05) is 6.54 Å². The highest BCUT2D eigenvalue weighted by atomic mass is 16.5. The van der Waals surface area contributed by atoms with Crippen LogP contribution in [0.4, 0.5) is 0 Å². The first-order valence-electron chi connectivity index (χ1n) is 8.07. The van der Waals surface area contributed by atoms with Crippen LogP contribution in [0, 0.1) is 0 Å². The Morgan fingerprint density at radius 1 is 0.962 bits per heavy atom. The highest BCUT2D eigenvalue weighted by Crippen LogP contribution is 2.11. The second-order valence-corrected chi connectivity index (χ2v) is 5.19. The van der Waals surface area contributed by atoms with Gasteiger partial charge in [-0.3, -0.25) is 9.59 Å². The fraction of sp³-hybridized carbons (Fsp3) is 0.412. The summed E-state index contributed by atoms with van der Waals surface area (Å²) in [6.07, 6.45) is 0.245. The first-order chi connectivity index (χ1) is 12.4. The van der Waals surface area contributed by atoms with Gasteiger partial charge in [0.05, 0.1) is 19.3 Å². The minimum atomic E-state index is -1.04. The molecular weight excluding hydrogens is 344 g/mol. The summed E-state index contributed by atoms with van der Waals surface area (Å²) < 4.78 is 9.20. The van der Waals surface area contributed by atoms with Crippen molar-refractivity contribution in [3.63, 3.8) is 0 Å². The molecule has 0 radical (unpaired) electrons. The van der Waals surface area contributed by atoms with Crippen LogP contribution in [-0.4, -0.2) is 54.7 Å². The predicted octanol–water partition coefficient (Wildman–Crippen LogP) is -0.338. The van der Waals surface area contributed by atoms with Crippen LogP contribution in [-0.2, 0) is 35.1 Å². The molecule has 0 bridgehead atoms. The standard InChI is InChI=1S/C17H22N2O7/c1-3-25-16(23)14(21)18-10-12(19-15(22)17(24)26-4-2)9-11-5-7-13(20)8-6-11/h5-8,12,20H,3-4,9-10H2,1-2H3,(H,18,21)(H,19,22). The molecule has 1 atom stereocenters. The number of rotatable bonds is 7. The molecule has 1 rings (SSSR count). The number of hydrogen-bond donors (Lipinski definition) is 3. The molecule has 0 heterocycles. The number of carbonyl (C=O) groups is 4. The average Bonchev–Trinajstić information content (AvgIpc) is 2.61. The van der Waals surface area contributed by atoms with Crippen LogP contribution < -0.4 is 10.6 Å². The lowest BCUT2D eigenvalue weighted by Gasteiger charge is -2.19. The number of benzene rings is 1. The molecule has 142 valence electrons. The summed E-state index contributed by atoms with van der Waals surface area (Å²) in [7, 11) is 0. The van der Waals surface area contributed by atoms with Gasteiger partial charge in [-0.2, -0.15) is 0 Å². The largest absolute Gasteiger partial charge is 0.508 e. The van der Waals surface area contributed by atoms with E-state index in [0.29, 0.717) is 0 Å². The molecular formula is C17H22N2O7. The zero-order valence-electron chi connectivity index (χ0n) is 14.6. The van der Waals surface area contributed by atoms with Crippen LogP contribution in [0.2, 0.25) is 0 Å². The van der Waals surface area contributed by atoms with Crippen LogP contribution in [0.1, 0.15) is 19.4 Å². The van der Waals surface area contributed by atoms with Crippen molar-refractivity contribution in [1.29, 1.82) is 0 Å². The molecule has 26 heavy (non-hydrogen) atoms. The Kier molecular flexibility index (Phi) is 8.62. The van der Waals surface area contributed by atoms with Crippen molar-refractivity contribution in [3.05, 3.63) is 29.8 Å². The van der Waals surface area contributed by atoms with Crippen LogP contribution in [0.25, 0.3) is 0 Å². The monoisotopic (exact) mass is 366 g/mol. The maximum atomic E-state index is 11.8. The van der Waals surface area contributed by atoms with Gasteiger partial charge in [0.2, 0.25) is 0 Å². The van der Waals surface area contributed by atoms with E-state index in [1.54, 1.807) is 26.0 Å².